The number of alkyl carbamates (subject to hydrolysis) is 1. The molecule has 0 heterocycles. The molecule has 9 heteroatoms. The Bertz CT molecular complexity index is 1060. The van der Waals surface area contributed by atoms with Gasteiger partial charge in [-0.2, -0.15) is 0 Å². The molecule has 1 aromatic rings. The third-order valence-electron chi connectivity index (χ3n) is 7.48. The maximum absolute atomic E-state index is 14.4. The Morgan fingerprint density at radius 1 is 1.02 bits per heavy atom. The summed E-state index contributed by atoms with van der Waals surface area (Å²) in [5.41, 5.74) is 7.37. The Morgan fingerprint density at radius 3 is 2.20 bits per heavy atom. The molecule has 0 spiro atoms. The second-order valence-corrected chi connectivity index (χ2v) is 13.0. The first kappa shape index (κ1) is 34.1. The molecule has 230 valence electrons. The summed E-state index contributed by atoms with van der Waals surface area (Å²) in [6, 6.07) is 3.25. The highest BCUT2D eigenvalue weighted by Crippen LogP contribution is 2.31. The number of hydrogen-bond acceptors (Lipinski definition) is 5. The van der Waals surface area contributed by atoms with Crippen molar-refractivity contribution in [1.29, 1.82) is 0 Å². The van der Waals surface area contributed by atoms with Gasteiger partial charge in [-0.15, -0.1) is 0 Å². The zero-order chi connectivity index (χ0) is 30.9. The largest absolute Gasteiger partial charge is 0.444 e. The molecule has 1 fully saturated rings. The second-order valence-electron chi connectivity index (χ2n) is 13.0. The van der Waals surface area contributed by atoms with E-state index in [9.17, 15) is 19.2 Å². The van der Waals surface area contributed by atoms with Crippen molar-refractivity contribution in [1.82, 2.24) is 15.5 Å². The van der Waals surface area contributed by atoms with Crippen LogP contribution in [0.25, 0.3) is 0 Å². The van der Waals surface area contributed by atoms with Gasteiger partial charge in [0.25, 0.3) is 0 Å². The standard InChI is InChI=1S/C32H52N4O5/c1-20(2)14-16-23(5)36(30(39)26(19-27(33)37)35-31(40)41-32(6,7)8)28(25-17-15-21(3)18-22(25)4)29(38)34-24-12-10-9-11-13-24/h15,17-18,20,23-24,26,28H,9-14,16,19H2,1-8H3,(H2,33,37)(H,34,38)(H,35,40). The molecule has 9 nitrogen and oxygen atoms in total. The molecule has 0 bridgehead atoms. The number of amides is 4. The summed E-state index contributed by atoms with van der Waals surface area (Å²) in [5, 5.41) is 5.80. The number of ether oxygens (including phenoxy) is 1. The molecule has 0 radical (unpaired) electrons. The van der Waals surface area contributed by atoms with Gasteiger partial charge in [-0.1, -0.05) is 56.9 Å². The smallest absolute Gasteiger partial charge is 0.408 e. The number of nitrogens with zero attached hydrogens (tertiary/aromatic N) is 1. The topological polar surface area (TPSA) is 131 Å². The number of nitrogens with one attached hydrogen (secondary N) is 2. The van der Waals surface area contributed by atoms with Crippen LogP contribution < -0.4 is 16.4 Å². The highest BCUT2D eigenvalue weighted by atomic mass is 16.6. The lowest BCUT2D eigenvalue weighted by molar-refractivity contribution is -0.146. The van der Waals surface area contributed by atoms with Crippen molar-refractivity contribution in [2.45, 2.75) is 137 Å². The quantitative estimate of drug-likeness (QED) is 0.316. The second kappa shape index (κ2) is 15.2. The number of rotatable bonds is 12. The molecular weight excluding hydrogens is 520 g/mol. The SMILES string of the molecule is Cc1ccc(C(C(=O)NC2CCCCC2)N(C(=O)C(CC(N)=O)NC(=O)OC(C)(C)C)C(C)CCC(C)C)c(C)c1. The third kappa shape index (κ3) is 11.0. The van der Waals surface area contributed by atoms with E-state index in [1.165, 1.54) is 0 Å². The third-order valence-corrected chi connectivity index (χ3v) is 7.48. The normalized spacial score (nSPS) is 16.4. The summed E-state index contributed by atoms with van der Waals surface area (Å²) in [6.45, 7) is 15.2. The average molecular weight is 573 g/mol. The first-order valence-electron chi connectivity index (χ1n) is 15.1. The Kier molecular flexibility index (Phi) is 12.7. The van der Waals surface area contributed by atoms with E-state index in [0.29, 0.717) is 17.9 Å². The monoisotopic (exact) mass is 572 g/mol. The molecule has 2 rings (SSSR count). The van der Waals surface area contributed by atoms with E-state index in [1.807, 2.05) is 39.0 Å². The lowest BCUT2D eigenvalue weighted by Crippen LogP contribution is -2.57. The highest BCUT2D eigenvalue weighted by molar-refractivity contribution is 5.95. The fraction of sp³-hybridized carbons (Fsp3) is 0.688. The molecule has 1 aromatic carbocycles. The van der Waals surface area contributed by atoms with Gasteiger partial charge < -0.3 is 26.0 Å². The minimum Gasteiger partial charge on any atom is -0.444 e. The molecular formula is C32H52N4O5. The predicted octanol–water partition coefficient (Wildman–Crippen LogP) is 5.22. The molecule has 0 saturated heterocycles. The van der Waals surface area contributed by atoms with Crippen LogP contribution in [-0.4, -0.2) is 52.4 Å². The molecule has 3 atom stereocenters. The van der Waals surface area contributed by atoms with E-state index in [4.69, 9.17) is 10.5 Å². The van der Waals surface area contributed by atoms with Gasteiger partial charge in [0.15, 0.2) is 0 Å². The molecule has 1 aliphatic rings. The van der Waals surface area contributed by atoms with Crippen LogP contribution in [0, 0.1) is 19.8 Å². The number of aryl methyl sites for hydroxylation is 2. The van der Waals surface area contributed by atoms with Gasteiger partial charge >= 0.3 is 6.09 Å². The van der Waals surface area contributed by atoms with Crippen molar-refractivity contribution >= 4 is 23.8 Å². The molecule has 0 aromatic heterocycles. The summed E-state index contributed by atoms with van der Waals surface area (Å²) in [7, 11) is 0. The zero-order valence-corrected chi connectivity index (χ0v) is 26.3. The van der Waals surface area contributed by atoms with E-state index in [-0.39, 0.29) is 18.0 Å². The summed E-state index contributed by atoms with van der Waals surface area (Å²) in [6.07, 6.45) is 5.25. The van der Waals surface area contributed by atoms with Crippen LogP contribution in [0.15, 0.2) is 18.2 Å². The number of benzene rings is 1. The first-order valence-corrected chi connectivity index (χ1v) is 15.1. The number of nitrogens with two attached hydrogens (primary N) is 1. The number of carbonyl (C=O) groups is 4. The van der Waals surface area contributed by atoms with E-state index < -0.39 is 42.0 Å². The lowest BCUT2D eigenvalue weighted by atomic mass is 9.92. The van der Waals surface area contributed by atoms with E-state index in [0.717, 1.165) is 49.7 Å². The number of primary amides is 1. The summed E-state index contributed by atoms with van der Waals surface area (Å²) in [4.78, 5) is 55.0. The van der Waals surface area contributed by atoms with Gasteiger partial charge in [0.2, 0.25) is 17.7 Å². The zero-order valence-electron chi connectivity index (χ0n) is 26.3. The van der Waals surface area contributed by atoms with Crippen LogP contribution in [0.1, 0.15) is 116 Å². The van der Waals surface area contributed by atoms with Gasteiger partial charge in [-0.25, -0.2) is 4.79 Å². The van der Waals surface area contributed by atoms with E-state index in [2.05, 4.69) is 24.5 Å². The van der Waals surface area contributed by atoms with Gasteiger partial charge in [0.05, 0.1) is 6.42 Å². The van der Waals surface area contributed by atoms with E-state index in [1.54, 1.807) is 25.7 Å². The molecule has 1 saturated carbocycles. The van der Waals surface area contributed by atoms with Gasteiger partial charge in [-0.3, -0.25) is 14.4 Å². The molecule has 3 unspecified atom stereocenters. The summed E-state index contributed by atoms with van der Waals surface area (Å²) in [5.74, 6) is -1.17. The maximum atomic E-state index is 14.4. The van der Waals surface area contributed by atoms with Gasteiger partial charge in [0.1, 0.15) is 17.7 Å². The highest BCUT2D eigenvalue weighted by Gasteiger charge is 2.40. The summed E-state index contributed by atoms with van der Waals surface area (Å²) < 4.78 is 5.39. The van der Waals surface area contributed by atoms with Crippen LogP contribution in [0.3, 0.4) is 0 Å². The van der Waals surface area contributed by atoms with Gasteiger partial charge in [-0.05, 0) is 84.3 Å². The predicted molar refractivity (Wildman–Crippen MR) is 161 cm³/mol. The fourth-order valence-electron chi connectivity index (χ4n) is 5.42. The van der Waals surface area contributed by atoms with Crippen LogP contribution in [0.2, 0.25) is 0 Å². The molecule has 4 N–H and O–H groups in total. The van der Waals surface area contributed by atoms with Gasteiger partial charge in [0, 0.05) is 12.1 Å². The van der Waals surface area contributed by atoms with Crippen molar-refractivity contribution in [2.24, 2.45) is 11.7 Å². The van der Waals surface area contributed by atoms with Crippen LogP contribution >= 0.6 is 0 Å². The average Bonchev–Trinajstić information content (AvgIpc) is 2.84. The molecule has 0 aliphatic heterocycles. The summed E-state index contributed by atoms with van der Waals surface area (Å²) >= 11 is 0. The molecule has 4 amide bonds. The molecule has 41 heavy (non-hydrogen) atoms. The van der Waals surface area contributed by atoms with Crippen molar-refractivity contribution in [2.75, 3.05) is 0 Å². The van der Waals surface area contributed by atoms with Crippen LogP contribution in [0.4, 0.5) is 4.79 Å². The van der Waals surface area contributed by atoms with Crippen molar-refractivity contribution < 1.29 is 23.9 Å². The van der Waals surface area contributed by atoms with Crippen molar-refractivity contribution in [3.05, 3.63) is 34.9 Å². The van der Waals surface area contributed by atoms with E-state index >= 15 is 0 Å². The number of carbonyl (C=O) groups excluding carboxylic acids is 4. The Labute approximate surface area is 246 Å². The number of hydrogen-bond donors (Lipinski definition) is 3. The Balaban J connectivity index is 2.61. The van der Waals surface area contributed by atoms with Crippen LogP contribution in [-0.2, 0) is 19.1 Å². The minimum atomic E-state index is -1.29. The Hall–Kier alpha value is -3.10. The Morgan fingerprint density at radius 2 is 1.66 bits per heavy atom. The fourth-order valence-corrected chi connectivity index (χ4v) is 5.42. The van der Waals surface area contributed by atoms with Crippen LogP contribution in [0.5, 0.6) is 0 Å². The first-order chi connectivity index (χ1) is 19.1. The van der Waals surface area contributed by atoms with Crippen molar-refractivity contribution in [3.63, 3.8) is 0 Å². The lowest BCUT2D eigenvalue weighted by Gasteiger charge is -2.40. The maximum Gasteiger partial charge on any atom is 0.408 e. The minimum absolute atomic E-state index is 0.0359. The van der Waals surface area contributed by atoms with Crippen molar-refractivity contribution in [3.8, 4) is 0 Å². The molecule has 1 aliphatic carbocycles.